The van der Waals surface area contributed by atoms with Crippen molar-refractivity contribution in [1.82, 2.24) is 24.9 Å². The number of fused-ring (bicyclic) bond motifs is 3. The van der Waals surface area contributed by atoms with Crippen molar-refractivity contribution in [3.8, 4) is 23.3 Å². The number of aliphatic hydroxyl groups excluding tert-OH is 1. The van der Waals surface area contributed by atoms with Crippen LogP contribution in [0.4, 0.5) is 10.2 Å². The van der Waals surface area contributed by atoms with Crippen molar-refractivity contribution < 1.29 is 28.4 Å². The fourth-order valence-corrected chi connectivity index (χ4v) is 7.97. The van der Waals surface area contributed by atoms with Crippen LogP contribution in [0.25, 0.3) is 5.65 Å². The van der Waals surface area contributed by atoms with E-state index in [1.54, 1.807) is 26.4 Å². The number of hydrogen-bond donors (Lipinski definition) is 2. The first-order valence-corrected chi connectivity index (χ1v) is 19.3. The Kier molecular flexibility index (Phi) is 11.2. The van der Waals surface area contributed by atoms with Gasteiger partial charge in [0.15, 0.2) is 11.5 Å². The molecule has 2 aromatic heterocycles. The van der Waals surface area contributed by atoms with Gasteiger partial charge in [-0.2, -0.15) is 4.98 Å². The first-order valence-electron chi connectivity index (χ1n) is 19.3. The summed E-state index contributed by atoms with van der Waals surface area (Å²) in [5, 5.41) is 20.3. The molecule has 2 aliphatic rings. The largest absolute Gasteiger partial charge is 0.497 e. The maximum Gasteiger partial charge on any atom is 0.336 e. The fourth-order valence-electron chi connectivity index (χ4n) is 7.97. The van der Waals surface area contributed by atoms with Gasteiger partial charge in [0.25, 0.3) is 0 Å². The van der Waals surface area contributed by atoms with E-state index in [1.165, 1.54) is 16.8 Å². The van der Waals surface area contributed by atoms with Crippen LogP contribution >= 0.6 is 0 Å². The number of imidazole rings is 1. The Bertz CT molecular complexity index is 2020. The number of hydrogen-bond acceptors (Lipinski definition) is 10. The minimum atomic E-state index is -1.38. The van der Waals surface area contributed by atoms with Crippen molar-refractivity contribution >= 4 is 11.5 Å². The molecule has 5 aromatic rings. The van der Waals surface area contributed by atoms with E-state index in [0.717, 1.165) is 61.2 Å². The quantitative estimate of drug-likeness (QED) is 0.103. The second-order valence-corrected chi connectivity index (χ2v) is 15.9. The first-order chi connectivity index (χ1) is 26.5. The SMILES string of the molecule is CCCCOc1nc(N(Cc2ccc(OC)cc2)Cc2ccc(OC)cc2)c2ncc(C(O)c3ccc(OC4C[C@@H]5CC[C@](C(C)(C)C)(C4)N5)cc3F)n2n1. The molecule has 0 radical (unpaired) electrons. The molecule has 0 spiro atoms. The summed E-state index contributed by atoms with van der Waals surface area (Å²) in [5.41, 5.74) is 2.87. The number of piperidine rings is 1. The standard InChI is InChI=1S/C43H53FN6O5/c1-7-8-21-54-41-46-40(49(26-28-9-13-31(52-5)14-10-28)27-29-11-15-32(53-6)16-12-29)39-45-25-37(50(39)48-41)38(51)35-18-17-33(23-36(35)44)55-34-22-30-19-20-43(24-34,47-30)42(2,3)4/h9-18,23,25,30,34,38,47,51H,7-8,19-22,24,26-27H2,1-6H3/t30-,34?,38?,43+/m0/s1. The number of nitrogens with one attached hydrogen (secondary N) is 1. The second-order valence-electron chi connectivity index (χ2n) is 15.9. The minimum absolute atomic E-state index is 0.00297. The lowest BCUT2D eigenvalue weighted by molar-refractivity contribution is 0.0424. The molecule has 2 saturated heterocycles. The summed E-state index contributed by atoms with van der Waals surface area (Å²) < 4.78 is 40.8. The number of unbranched alkanes of at least 4 members (excludes halogenated alkanes) is 1. The van der Waals surface area contributed by atoms with Crippen LogP contribution in [0.1, 0.15) is 94.7 Å². The Morgan fingerprint density at radius 1 is 0.982 bits per heavy atom. The number of aromatic nitrogens is 4. The summed E-state index contributed by atoms with van der Waals surface area (Å²) in [5.74, 6) is 1.89. The second kappa shape index (κ2) is 16.0. The Balaban J connectivity index is 1.21. The highest BCUT2D eigenvalue weighted by molar-refractivity contribution is 5.65. The van der Waals surface area contributed by atoms with Gasteiger partial charge in [0.2, 0.25) is 0 Å². The van der Waals surface area contributed by atoms with Crippen molar-refractivity contribution in [2.45, 2.75) is 103 Å². The van der Waals surface area contributed by atoms with Gasteiger partial charge < -0.3 is 34.3 Å². The molecule has 0 amide bonds. The van der Waals surface area contributed by atoms with Crippen LogP contribution in [0, 0.1) is 11.2 Å². The van der Waals surface area contributed by atoms with Gasteiger partial charge in [0, 0.05) is 42.7 Å². The van der Waals surface area contributed by atoms with Crippen molar-refractivity contribution in [3.63, 3.8) is 0 Å². The van der Waals surface area contributed by atoms with Gasteiger partial charge in [0.1, 0.15) is 35.3 Å². The molecule has 7 rings (SSSR count). The molecule has 4 heterocycles. The highest BCUT2D eigenvalue weighted by Crippen LogP contribution is 2.47. The summed E-state index contributed by atoms with van der Waals surface area (Å²) in [6.07, 6.45) is 5.82. The Labute approximate surface area is 322 Å². The van der Waals surface area contributed by atoms with E-state index in [0.29, 0.717) is 43.0 Å². The Morgan fingerprint density at radius 3 is 2.24 bits per heavy atom. The van der Waals surface area contributed by atoms with Crippen molar-refractivity contribution in [2.24, 2.45) is 5.41 Å². The molecule has 12 heteroatoms. The Morgan fingerprint density at radius 2 is 1.64 bits per heavy atom. The summed E-state index contributed by atoms with van der Waals surface area (Å²) >= 11 is 0. The van der Waals surface area contributed by atoms with E-state index >= 15 is 4.39 Å². The molecule has 2 N–H and O–H groups in total. The van der Waals surface area contributed by atoms with Gasteiger partial charge in [-0.05, 0) is 78.6 Å². The van der Waals surface area contributed by atoms with Crippen molar-refractivity contribution in [3.05, 3.63) is 101 Å². The third-order valence-electron chi connectivity index (χ3n) is 11.3. The number of aliphatic hydroxyl groups is 1. The maximum atomic E-state index is 16.0. The molecule has 2 bridgehead atoms. The number of methoxy groups -OCH3 is 2. The van der Waals surface area contributed by atoms with E-state index in [4.69, 9.17) is 28.9 Å². The summed E-state index contributed by atoms with van der Waals surface area (Å²) in [6.45, 7) is 10.2. The summed E-state index contributed by atoms with van der Waals surface area (Å²) in [7, 11) is 3.28. The van der Waals surface area contributed by atoms with Crippen LogP contribution in [-0.4, -0.2) is 63.2 Å². The van der Waals surface area contributed by atoms with Crippen molar-refractivity contribution in [1.29, 1.82) is 0 Å². The lowest BCUT2D eigenvalue weighted by atomic mass is 9.69. The van der Waals surface area contributed by atoms with E-state index in [-0.39, 0.29) is 34.3 Å². The molecule has 55 heavy (non-hydrogen) atoms. The van der Waals surface area contributed by atoms with Crippen LogP contribution in [-0.2, 0) is 13.1 Å². The topological polar surface area (TPSA) is 116 Å². The molecule has 2 unspecified atom stereocenters. The average molecular weight is 753 g/mol. The molecule has 2 fully saturated rings. The van der Waals surface area contributed by atoms with Gasteiger partial charge in [-0.15, -0.1) is 5.10 Å². The molecule has 3 aromatic carbocycles. The first kappa shape index (κ1) is 38.3. The molecular formula is C43H53FN6O5. The van der Waals surface area contributed by atoms with Crippen LogP contribution < -0.4 is 29.2 Å². The number of nitrogens with zero attached hydrogens (tertiary/aromatic N) is 5. The van der Waals surface area contributed by atoms with Crippen LogP contribution in [0.2, 0.25) is 0 Å². The Hall–Kier alpha value is -4.94. The lowest BCUT2D eigenvalue weighted by Crippen LogP contribution is -2.59. The third-order valence-corrected chi connectivity index (χ3v) is 11.3. The third kappa shape index (κ3) is 8.21. The fraction of sp³-hybridized carbons (Fsp3) is 0.465. The molecule has 0 saturated carbocycles. The molecule has 292 valence electrons. The van der Waals surface area contributed by atoms with E-state index in [9.17, 15) is 5.11 Å². The summed E-state index contributed by atoms with van der Waals surface area (Å²) in [4.78, 5) is 11.7. The van der Waals surface area contributed by atoms with Gasteiger partial charge in [0.05, 0.1) is 32.7 Å². The predicted octanol–water partition coefficient (Wildman–Crippen LogP) is 7.83. The van der Waals surface area contributed by atoms with Crippen LogP contribution in [0.15, 0.2) is 72.9 Å². The predicted molar refractivity (Wildman–Crippen MR) is 210 cm³/mol. The smallest absolute Gasteiger partial charge is 0.336 e. The zero-order valence-electron chi connectivity index (χ0n) is 32.7. The normalized spacial score (nSPS) is 20.0. The number of anilines is 1. The number of halogens is 1. The minimum Gasteiger partial charge on any atom is -0.497 e. The number of rotatable bonds is 15. The lowest BCUT2D eigenvalue weighted by Gasteiger charge is -2.47. The monoisotopic (exact) mass is 752 g/mol. The van der Waals surface area contributed by atoms with Crippen LogP contribution in [0.5, 0.6) is 23.3 Å². The van der Waals surface area contributed by atoms with E-state index in [1.807, 2.05) is 48.5 Å². The van der Waals surface area contributed by atoms with Crippen LogP contribution in [0.3, 0.4) is 0 Å². The molecule has 2 aliphatic heterocycles. The van der Waals surface area contributed by atoms with Crippen molar-refractivity contribution in [2.75, 3.05) is 25.7 Å². The maximum absolute atomic E-state index is 16.0. The van der Waals surface area contributed by atoms with Gasteiger partial charge >= 0.3 is 6.01 Å². The molecule has 0 aliphatic carbocycles. The molecule has 11 nitrogen and oxygen atoms in total. The highest BCUT2D eigenvalue weighted by atomic mass is 19.1. The van der Waals surface area contributed by atoms with E-state index < -0.39 is 11.9 Å². The van der Waals surface area contributed by atoms with E-state index in [2.05, 4.69) is 43.0 Å². The van der Waals surface area contributed by atoms with Gasteiger partial charge in [-0.1, -0.05) is 58.4 Å². The number of ether oxygens (including phenoxy) is 4. The summed E-state index contributed by atoms with van der Waals surface area (Å²) in [6, 6.07) is 20.9. The number of benzene rings is 3. The van der Waals surface area contributed by atoms with Gasteiger partial charge in [-0.3, -0.25) is 0 Å². The van der Waals surface area contributed by atoms with Gasteiger partial charge in [-0.25, -0.2) is 13.9 Å². The molecule has 4 atom stereocenters. The zero-order valence-corrected chi connectivity index (χ0v) is 32.7. The average Bonchev–Trinajstić information content (AvgIpc) is 3.75. The molecular weight excluding hydrogens is 700 g/mol. The highest BCUT2D eigenvalue weighted by Gasteiger charge is 2.52. The zero-order chi connectivity index (χ0) is 38.7.